The molecule has 0 radical (unpaired) electrons. The molecule has 1 aromatic heterocycles. The molecule has 7 rings (SSSR count). The Morgan fingerprint density at radius 3 is 2.74 bits per heavy atom. The molecular weight excluding hydrogens is 338 g/mol. The van der Waals surface area contributed by atoms with Crippen LogP contribution in [-0.4, -0.2) is 53.3 Å². The molecule has 4 saturated heterocycles. The molecule has 0 N–H and O–H groups in total. The molecule has 3 atom stereocenters. The highest BCUT2D eigenvalue weighted by atomic mass is 16.7. The highest BCUT2D eigenvalue weighted by molar-refractivity contribution is 5.46. The van der Waals surface area contributed by atoms with Crippen molar-refractivity contribution < 1.29 is 9.47 Å². The molecule has 5 aliphatic rings. The fourth-order valence-electron chi connectivity index (χ4n) is 5.86. The molecule has 0 unspecified atom stereocenters. The van der Waals surface area contributed by atoms with Crippen LogP contribution in [0.3, 0.4) is 0 Å². The van der Waals surface area contributed by atoms with Crippen LogP contribution in [-0.2, 0) is 6.54 Å². The first-order chi connectivity index (χ1) is 13.4. The van der Waals surface area contributed by atoms with Crippen molar-refractivity contribution in [2.45, 2.75) is 37.4 Å². The van der Waals surface area contributed by atoms with Crippen molar-refractivity contribution in [2.24, 2.45) is 5.92 Å². The van der Waals surface area contributed by atoms with Crippen molar-refractivity contribution in [3.05, 3.63) is 53.9 Å². The number of pyridine rings is 1. The van der Waals surface area contributed by atoms with Crippen LogP contribution >= 0.6 is 0 Å². The van der Waals surface area contributed by atoms with E-state index in [9.17, 15) is 0 Å². The summed E-state index contributed by atoms with van der Waals surface area (Å²) in [4.78, 5) is 10.1. The zero-order valence-corrected chi connectivity index (χ0v) is 15.5. The second kappa shape index (κ2) is 6.21. The molecule has 5 aliphatic heterocycles. The number of rotatable bonds is 3. The highest BCUT2D eigenvalue weighted by Gasteiger charge is 2.53. The summed E-state index contributed by atoms with van der Waals surface area (Å²) in [6.45, 7) is 4.90. The molecule has 4 fully saturated rings. The molecule has 0 aliphatic carbocycles. The van der Waals surface area contributed by atoms with Crippen LogP contribution in [0.1, 0.15) is 30.0 Å². The summed E-state index contributed by atoms with van der Waals surface area (Å²) in [6, 6.07) is 14.1. The molecule has 5 heteroatoms. The van der Waals surface area contributed by atoms with Gasteiger partial charge in [0, 0.05) is 37.3 Å². The minimum atomic E-state index is 0.343. The summed E-state index contributed by atoms with van der Waals surface area (Å²) >= 11 is 0. The number of benzene rings is 1. The Hall–Kier alpha value is -2.11. The SMILES string of the molecule is c1ccc(CN2C[C@H](c3ccc4c(c3)OCO4)[C@H]3[C@@H]2C2CCN3CC2)nc1. The van der Waals surface area contributed by atoms with Gasteiger partial charge in [0.15, 0.2) is 11.5 Å². The first kappa shape index (κ1) is 15.9. The van der Waals surface area contributed by atoms with Crippen LogP contribution in [0.5, 0.6) is 11.5 Å². The van der Waals surface area contributed by atoms with Crippen molar-refractivity contribution in [2.75, 3.05) is 26.4 Å². The van der Waals surface area contributed by atoms with Crippen LogP contribution in [0, 0.1) is 5.92 Å². The summed E-state index contributed by atoms with van der Waals surface area (Å²) < 4.78 is 11.2. The Morgan fingerprint density at radius 1 is 1.00 bits per heavy atom. The summed E-state index contributed by atoms with van der Waals surface area (Å²) in [7, 11) is 0. The normalized spacial score (nSPS) is 34.0. The summed E-state index contributed by atoms with van der Waals surface area (Å²) in [5, 5.41) is 0. The maximum atomic E-state index is 5.66. The summed E-state index contributed by atoms with van der Waals surface area (Å²) in [6.07, 6.45) is 4.59. The highest BCUT2D eigenvalue weighted by Crippen LogP contribution is 2.48. The second-order valence-corrected chi connectivity index (χ2v) is 8.32. The van der Waals surface area contributed by atoms with Gasteiger partial charge in [0.25, 0.3) is 0 Å². The van der Waals surface area contributed by atoms with Crippen LogP contribution < -0.4 is 9.47 Å². The van der Waals surface area contributed by atoms with Gasteiger partial charge in [-0.25, -0.2) is 0 Å². The molecule has 0 amide bonds. The minimum Gasteiger partial charge on any atom is -0.454 e. The first-order valence-electron chi connectivity index (χ1n) is 10.1. The average Bonchev–Trinajstić information content (AvgIpc) is 3.35. The van der Waals surface area contributed by atoms with Crippen molar-refractivity contribution in [1.29, 1.82) is 0 Å². The van der Waals surface area contributed by atoms with E-state index in [-0.39, 0.29) is 0 Å². The molecular formula is C22H25N3O2. The third-order valence-corrected chi connectivity index (χ3v) is 7.01. The monoisotopic (exact) mass is 363 g/mol. The lowest BCUT2D eigenvalue weighted by molar-refractivity contribution is -0.00898. The van der Waals surface area contributed by atoms with Crippen LogP contribution in [0.25, 0.3) is 0 Å². The van der Waals surface area contributed by atoms with Gasteiger partial charge < -0.3 is 9.47 Å². The molecule has 27 heavy (non-hydrogen) atoms. The fourth-order valence-corrected chi connectivity index (χ4v) is 5.86. The Balaban J connectivity index is 1.35. The number of nitrogens with zero attached hydrogens (tertiary/aromatic N) is 3. The number of hydrogen-bond acceptors (Lipinski definition) is 5. The van der Waals surface area contributed by atoms with E-state index in [0.717, 1.165) is 30.5 Å². The minimum absolute atomic E-state index is 0.343. The average molecular weight is 363 g/mol. The number of likely N-dealkylation sites (tertiary alicyclic amines) is 1. The van der Waals surface area contributed by atoms with E-state index in [2.05, 4.69) is 45.1 Å². The Labute approximate surface area is 159 Å². The van der Waals surface area contributed by atoms with E-state index in [1.165, 1.54) is 37.2 Å². The molecule has 0 saturated carbocycles. The molecule has 6 heterocycles. The fraction of sp³-hybridized carbons (Fsp3) is 0.500. The summed E-state index contributed by atoms with van der Waals surface area (Å²) in [5.74, 6) is 3.13. The molecule has 140 valence electrons. The smallest absolute Gasteiger partial charge is 0.231 e. The van der Waals surface area contributed by atoms with Gasteiger partial charge in [0.05, 0.1) is 5.69 Å². The number of ether oxygens (including phenoxy) is 2. The molecule has 2 aromatic rings. The van der Waals surface area contributed by atoms with Gasteiger partial charge in [0.1, 0.15) is 0 Å². The quantitative estimate of drug-likeness (QED) is 0.838. The maximum absolute atomic E-state index is 5.66. The summed E-state index contributed by atoms with van der Waals surface area (Å²) in [5.41, 5.74) is 2.57. The number of aromatic nitrogens is 1. The van der Waals surface area contributed by atoms with Gasteiger partial charge in [-0.05, 0) is 61.7 Å². The zero-order chi connectivity index (χ0) is 17.8. The lowest BCUT2D eigenvalue weighted by Gasteiger charge is -2.51. The van der Waals surface area contributed by atoms with Crippen LogP contribution in [0.2, 0.25) is 0 Å². The van der Waals surface area contributed by atoms with Crippen molar-refractivity contribution in [3.8, 4) is 11.5 Å². The lowest BCUT2D eigenvalue weighted by Crippen LogP contribution is -2.60. The van der Waals surface area contributed by atoms with E-state index in [4.69, 9.17) is 9.47 Å². The third kappa shape index (κ3) is 2.56. The predicted octanol–water partition coefficient (Wildman–Crippen LogP) is 2.87. The molecule has 2 bridgehead atoms. The Kier molecular flexibility index (Phi) is 3.66. The van der Waals surface area contributed by atoms with Crippen molar-refractivity contribution >= 4 is 0 Å². The standard InChI is InChI=1S/C22H25N3O2/c1-2-8-23-17(3-1)12-25-13-18(16-4-5-19-20(11-16)27-14-26-19)22-21(25)15-6-9-24(22)10-7-15/h1-5,8,11,15,18,21-22H,6-7,9-10,12-14H2/t18-,21+,22+/m1/s1. The van der Waals surface area contributed by atoms with Gasteiger partial charge in [0.2, 0.25) is 6.79 Å². The molecule has 1 aromatic carbocycles. The number of piperidine rings is 3. The maximum Gasteiger partial charge on any atom is 0.231 e. The van der Waals surface area contributed by atoms with Gasteiger partial charge in [-0.1, -0.05) is 12.1 Å². The van der Waals surface area contributed by atoms with Crippen LogP contribution in [0.4, 0.5) is 0 Å². The zero-order valence-electron chi connectivity index (χ0n) is 15.5. The van der Waals surface area contributed by atoms with Gasteiger partial charge >= 0.3 is 0 Å². The van der Waals surface area contributed by atoms with E-state index in [1.54, 1.807) is 0 Å². The third-order valence-electron chi connectivity index (χ3n) is 7.01. The van der Waals surface area contributed by atoms with Gasteiger partial charge in [-0.3, -0.25) is 14.8 Å². The van der Waals surface area contributed by atoms with E-state index in [0.29, 0.717) is 24.8 Å². The van der Waals surface area contributed by atoms with Crippen molar-refractivity contribution in [3.63, 3.8) is 0 Å². The molecule has 0 spiro atoms. The topological polar surface area (TPSA) is 37.8 Å². The van der Waals surface area contributed by atoms with E-state index < -0.39 is 0 Å². The first-order valence-corrected chi connectivity index (χ1v) is 10.1. The van der Waals surface area contributed by atoms with Gasteiger partial charge in [-0.2, -0.15) is 0 Å². The number of fused-ring (bicyclic) bond motifs is 3. The lowest BCUT2D eigenvalue weighted by atomic mass is 9.75. The largest absolute Gasteiger partial charge is 0.454 e. The number of hydrogen-bond donors (Lipinski definition) is 0. The van der Waals surface area contributed by atoms with Crippen molar-refractivity contribution in [1.82, 2.24) is 14.8 Å². The second-order valence-electron chi connectivity index (χ2n) is 8.32. The Bertz CT molecular complexity index is 835. The molecule has 5 nitrogen and oxygen atoms in total. The van der Waals surface area contributed by atoms with Crippen LogP contribution in [0.15, 0.2) is 42.6 Å². The predicted molar refractivity (Wildman–Crippen MR) is 102 cm³/mol. The van der Waals surface area contributed by atoms with Gasteiger partial charge in [-0.15, -0.1) is 0 Å². The van der Waals surface area contributed by atoms with E-state index in [1.807, 2.05) is 12.3 Å². The van der Waals surface area contributed by atoms with E-state index >= 15 is 0 Å². The Morgan fingerprint density at radius 2 is 1.89 bits per heavy atom.